The molecule has 1 aliphatic heterocycles. The van der Waals surface area contributed by atoms with E-state index in [9.17, 15) is 9.59 Å². The first-order valence-corrected chi connectivity index (χ1v) is 9.03. The Kier molecular flexibility index (Phi) is 4.75. The molecule has 1 aliphatic rings. The van der Waals surface area contributed by atoms with Gasteiger partial charge in [0.25, 0.3) is 5.91 Å². The number of benzene rings is 2. The first-order chi connectivity index (χ1) is 13.5. The SMILES string of the molecule is NC(=O)COc1ccc([C@@H]2CC(=O)Nc3c2ncn3-c2cccc(Cl)c2)cc1. The molecule has 0 saturated carbocycles. The van der Waals surface area contributed by atoms with Gasteiger partial charge in [-0.05, 0) is 35.9 Å². The minimum Gasteiger partial charge on any atom is -0.484 e. The lowest BCUT2D eigenvalue weighted by Crippen LogP contribution is -2.25. The minimum atomic E-state index is -0.538. The number of rotatable bonds is 5. The standard InChI is InChI=1S/C20H17ClN4O3/c21-13-2-1-3-14(8-13)25-11-23-19-16(9-18(27)24-20(19)25)12-4-6-15(7-5-12)28-10-17(22)26/h1-8,11,16H,9-10H2,(H2,22,26)(H,24,27)/t16-/m0/s1. The molecule has 2 heterocycles. The highest BCUT2D eigenvalue weighted by molar-refractivity contribution is 6.30. The summed E-state index contributed by atoms with van der Waals surface area (Å²) in [5.74, 6) is 0.360. The van der Waals surface area contributed by atoms with E-state index in [2.05, 4.69) is 10.3 Å². The summed E-state index contributed by atoms with van der Waals surface area (Å²) >= 11 is 6.10. The number of ether oxygens (including phenoxy) is 1. The van der Waals surface area contributed by atoms with Crippen molar-refractivity contribution in [3.8, 4) is 11.4 Å². The summed E-state index contributed by atoms with van der Waals surface area (Å²) in [6.45, 7) is -0.181. The van der Waals surface area contributed by atoms with Crippen LogP contribution in [0.15, 0.2) is 54.9 Å². The molecule has 0 bridgehead atoms. The number of imidazole rings is 1. The topological polar surface area (TPSA) is 99.2 Å². The molecule has 2 amide bonds. The molecule has 0 fully saturated rings. The molecular formula is C20H17ClN4O3. The number of carbonyl (C=O) groups is 2. The van der Waals surface area contributed by atoms with Gasteiger partial charge in [-0.25, -0.2) is 4.98 Å². The van der Waals surface area contributed by atoms with Crippen LogP contribution in [0.2, 0.25) is 5.02 Å². The van der Waals surface area contributed by atoms with Gasteiger partial charge in [0.2, 0.25) is 5.91 Å². The van der Waals surface area contributed by atoms with E-state index < -0.39 is 5.91 Å². The van der Waals surface area contributed by atoms with Gasteiger partial charge in [0.1, 0.15) is 17.9 Å². The number of carbonyl (C=O) groups excluding carboxylic acids is 2. The van der Waals surface area contributed by atoms with Crippen molar-refractivity contribution in [1.82, 2.24) is 9.55 Å². The van der Waals surface area contributed by atoms with Crippen molar-refractivity contribution in [3.63, 3.8) is 0 Å². The fourth-order valence-corrected chi connectivity index (χ4v) is 3.44. The number of nitrogens with one attached hydrogen (secondary N) is 1. The summed E-state index contributed by atoms with van der Waals surface area (Å²) in [7, 11) is 0. The van der Waals surface area contributed by atoms with Crippen LogP contribution in [0, 0.1) is 0 Å². The Hall–Kier alpha value is -3.32. The van der Waals surface area contributed by atoms with Crippen LogP contribution in [0.5, 0.6) is 5.75 Å². The molecule has 3 N–H and O–H groups in total. The van der Waals surface area contributed by atoms with E-state index in [-0.39, 0.29) is 18.4 Å². The fourth-order valence-electron chi connectivity index (χ4n) is 3.25. The molecule has 0 unspecified atom stereocenters. The number of anilines is 1. The highest BCUT2D eigenvalue weighted by Gasteiger charge is 2.31. The Morgan fingerprint density at radius 2 is 2.07 bits per heavy atom. The minimum absolute atomic E-state index is 0.0877. The zero-order chi connectivity index (χ0) is 19.7. The summed E-state index contributed by atoms with van der Waals surface area (Å²) in [5, 5.41) is 3.51. The van der Waals surface area contributed by atoms with Crippen molar-refractivity contribution in [1.29, 1.82) is 0 Å². The molecule has 0 spiro atoms. The lowest BCUT2D eigenvalue weighted by molar-refractivity contribution is -0.120. The van der Waals surface area contributed by atoms with Crippen molar-refractivity contribution in [2.75, 3.05) is 11.9 Å². The van der Waals surface area contributed by atoms with Crippen LogP contribution in [-0.4, -0.2) is 28.0 Å². The van der Waals surface area contributed by atoms with Gasteiger partial charge in [-0.3, -0.25) is 14.2 Å². The summed E-state index contributed by atoms with van der Waals surface area (Å²) in [5.41, 5.74) is 7.62. The number of primary amides is 1. The summed E-state index contributed by atoms with van der Waals surface area (Å²) in [4.78, 5) is 27.7. The Labute approximate surface area is 166 Å². The first kappa shape index (κ1) is 18.1. The quantitative estimate of drug-likeness (QED) is 0.692. The number of hydrogen-bond donors (Lipinski definition) is 2. The van der Waals surface area contributed by atoms with Crippen LogP contribution in [0.4, 0.5) is 5.82 Å². The lowest BCUT2D eigenvalue weighted by Gasteiger charge is -2.23. The third-order valence-corrected chi connectivity index (χ3v) is 4.76. The Morgan fingerprint density at radius 3 is 2.79 bits per heavy atom. The number of fused-ring (bicyclic) bond motifs is 1. The van der Waals surface area contributed by atoms with E-state index >= 15 is 0 Å². The predicted molar refractivity (Wildman–Crippen MR) is 105 cm³/mol. The smallest absolute Gasteiger partial charge is 0.255 e. The molecule has 142 valence electrons. The van der Waals surface area contributed by atoms with E-state index in [0.717, 1.165) is 16.9 Å². The van der Waals surface area contributed by atoms with Crippen molar-refractivity contribution >= 4 is 29.2 Å². The van der Waals surface area contributed by atoms with E-state index in [1.807, 2.05) is 34.9 Å². The molecule has 0 radical (unpaired) electrons. The zero-order valence-electron chi connectivity index (χ0n) is 14.8. The summed E-state index contributed by atoms with van der Waals surface area (Å²) < 4.78 is 7.10. The van der Waals surface area contributed by atoms with Crippen LogP contribution in [0.25, 0.3) is 5.69 Å². The van der Waals surface area contributed by atoms with Crippen LogP contribution in [-0.2, 0) is 9.59 Å². The highest BCUT2D eigenvalue weighted by atomic mass is 35.5. The number of amides is 2. The van der Waals surface area contributed by atoms with Gasteiger partial charge >= 0.3 is 0 Å². The summed E-state index contributed by atoms with van der Waals surface area (Å²) in [6.07, 6.45) is 1.97. The second kappa shape index (κ2) is 7.36. The molecule has 3 aromatic rings. The molecule has 0 saturated heterocycles. The highest BCUT2D eigenvalue weighted by Crippen LogP contribution is 2.37. The number of hydrogen-bond acceptors (Lipinski definition) is 4. The largest absolute Gasteiger partial charge is 0.484 e. The normalized spacial score (nSPS) is 15.6. The van der Waals surface area contributed by atoms with Gasteiger partial charge in [-0.1, -0.05) is 29.8 Å². The molecule has 7 nitrogen and oxygen atoms in total. The molecule has 2 aromatic carbocycles. The van der Waals surface area contributed by atoms with Crippen molar-refractivity contribution in [2.24, 2.45) is 5.73 Å². The third kappa shape index (κ3) is 3.57. The van der Waals surface area contributed by atoms with Gasteiger partial charge in [0, 0.05) is 23.0 Å². The molecule has 4 rings (SSSR count). The second-order valence-corrected chi connectivity index (χ2v) is 6.89. The predicted octanol–water partition coefficient (Wildman–Crippen LogP) is 2.86. The van der Waals surface area contributed by atoms with Crippen molar-refractivity contribution in [2.45, 2.75) is 12.3 Å². The monoisotopic (exact) mass is 396 g/mol. The van der Waals surface area contributed by atoms with Gasteiger partial charge in [-0.2, -0.15) is 0 Å². The average Bonchev–Trinajstić information content (AvgIpc) is 3.10. The molecule has 1 atom stereocenters. The second-order valence-electron chi connectivity index (χ2n) is 6.46. The maximum atomic E-state index is 12.3. The van der Waals surface area contributed by atoms with Crippen LogP contribution in [0.1, 0.15) is 23.6 Å². The lowest BCUT2D eigenvalue weighted by atomic mass is 9.90. The Bertz CT molecular complexity index is 1050. The molecular weight excluding hydrogens is 380 g/mol. The number of nitrogens with zero attached hydrogens (tertiary/aromatic N) is 2. The molecule has 8 heteroatoms. The van der Waals surface area contributed by atoms with E-state index in [1.54, 1.807) is 24.5 Å². The molecule has 1 aromatic heterocycles. The van der Waals surface area contributed by atoms with E-state index in [0.29, 0.717) is 23.0 Å². The third-order valence-electron chi connectivity index (χ3n) is 4.52. The van der Waals surface area contributed by atoms with Crippen molar-refractivity contribution in [3.05, 3.63) is 71.1 Å². The first-order valence-electron chi connectivity index (χ1n) is 8.65. The van der Waals surface area contributed by atoms with Gasteiger partial charge in [-0.15, -0.1) is 0 Å². The number of nitrogens with two attached hydrogens (primary N) is 1. The average molecular weight is 397 g/mol. The van der Waals surface area contributed by atoms with Gasteiger partial charge < -0.3 is 15.8 Å². The van der Waals surface area contributed by atoms with Crippen molar-refractivity contribution < 1.29 is 14.3 Å². The van der Waals surface area contributed by atoms with E-state index in [4.69, 9.17) is 22.1 Å². The van der Waals surface area contributed by atoms with Gasteiger partial charge in [0.05, 0.1) is 5.69 Å². The van der Waals surface area contributed by atoms with Crippen LogP contribution < -0.4 is 15.8 Å². The maximum absolute atomic E-state index is 12.3. The fraction of sp³-hybridized carbons (Fsp3) is 0.150. The number of aromatic nitrogens is 2. The summed E-state index contributed by atoms with van der Waals surface area (Å²) in [6, 6.07) is 14.6. The Balaban J connectivity index is 1.66. The van der Waals surface area contributed by atoms with Gasteiger partial charge in [0.15, 0.2) is 6.61 Å². The van der Waals surface area contributed by atoms with Crippen LogP contribution >= 0.6 is 11.6 Å². The Morgan fingerprint density at radius 1 is 1.29 bits per heavy atom. The maximum Gasteiger partial charge on any atom is 0.255 e. The zero-order valence-corrected chi connectivity index (χ0v) is 15.5. The van der Waals surface area contributed by atoms with Crippen LogP contribution in [0.3, 0.4) is 0 Å². The molecule has 0 aliphatic carbocycles. The van der Waals surface area contributed by atoms with E-state index in [1.165, 1.54) is 0 Å². The molecule has 28 heavy (non-hydrogen) atoms. The number of halogens is 1.